The molecule has 0 aromatic carbocycles. The van der Waals surface area contributed by atoms with Crippen molar-refractivity contribution in [3.63, 3.8) is 0 Å². The third-order valence-electron chi connectivity index (χ3n) is 0.0645. The maximum atomic E-state index is 8.86. The van der Waals surface area contributed by atoms with Gasteiger partial charge in [-0.1, -0.05) is 0 Å². The van der Waals surface area contributed by atoms with Gasteiger partial charge in [-0.2, -0.15) is 0 Å². The van der Waals surface area contributed by atoms with Crippen molar-refractivity contribution < 1.29 is 26.1 Å². The Morgan fingerprint density at radius 2 is 2.25 bits per heavy atom. The van der Waals surface area contributed by atoms with E-state index in [1.54, 1.807) is 0 Å². The molecule has 0 atom stereocenters. The van der Waals surface area contributed by atoms with Gasteiger partial charge < -0.3 is 0 Å². The molecule has 0 aliphatic carbocycles. The molecule has 2 nitrogen and oxygen atoms in total. The Balaban J connectivity index is 2.83. The number of hydrogen-bond donors (Lipinski definition) is 0. The van der Waals surface area contributed by atoms with Gasteiger partial charge in [0.15, 0.2) is 0 Å². The molecule has 0 radical (unpaired) electrons. The Hall–Kier alpha value is 0.225. The molecule has 0 N–H and O–H groups in total. The molecule has 0 saturated heterocycles. The van der Waals surface area contributed by atoms with Gasteiger partial charge in [0.25, 0.3) is 0 Å². The van der Waals surface area contributed by atoms with Gasteiger partial charge >= 0.3 is 39.9 Å². The molecule has 0 aromatic rings. The van der Waals surface area contributed by atoms with E-state index in [-0.39, 0.29) is 0 Å². The van der Waals surface area contributed by atoms with Crippen LogP contribution in [0.4, 0.5) is 0 Å². The first-order valence-electron chi connectivity index (χ1n) is 0.760. The van der Waals surface area contributed by atoms with E-state index in [2.05, 4.69) is 8.59 Å². The third-order valence-corrected chi connectivity index (χ3v) is 0.566. The summed E-state index contributed by atoms with van der Waals surface area (Å²) in [5.41, 5.74) is 0. The van der Waals surface area contributed by atoms with Gasteiger partial charge in [0, 0.05) is 0 Å². The predicted octanol–water partition coefficient (Wildman–Crippen LogP) is 0.321. The summed E-state index contributed by atoms with van der Waals surface area (Å²) in [6, 6.07) is 0. The van der Waals surface area contributed by atoms with Crippen molar-refractivity contribution in [3.8, 4) is 3.58 Å². The Bertz CT molecular complexity index is 44.8. The van der Waals surface area contributed by atoms with Crippen molar-refractivity contribution in [1.82, 2.24) is 0 Å². The van der Waals surface area contributed by atoms with Crippen molar-refractivity contribution in [1.29, 1.82) is 0 Å². The van der Waals surface area contributed by atoms with E-state index in [9.17, 15) is 0 Å². The molecule has 0 spiro atoms. The fourth-order valence-electron chi connectivity index (χ4n) is 0. The third kappa shape index (κ3) is 2.23. The number of rotatable bonds is 0. The van der Waals surface area contributed by atoms with Gasteiger partial charge in [-0.15, -0.1) is 0 Å². The van der Waals surface area contributed by atoms with Crippen LogP contribution in [-0.2, 0) is 26.1 Å². The average Bonchev–Trinajstić information content (AvgIpc) is 1.37. The second-order valence-corrected chi connectivity index (χ2v) is 1.48. The van der Waals surface area contributed by atoms with Gasteiger partial charge in [0.05, 0.1) is 0 Å². The first-order chi connectivity index (χ1) is 1.91. The van der Waals surface area contributed by atoms with Crippen molar-refractivity contribution in [2.75, 3.05) is 0 Å². The second-order valence-electron chi connectivity index (χ2n) is 0.249. The topological polar surface area (TPSA) is 27.4 Å². The van der Waals surface area contributed by atoms with E-state index < -0.39 is 0 Å². The quantitative estimate of drug-likeness (QED) is 0.444. The summed E-state index contributed by atoms with van der Waals surface area (Å²) in [6.45, 7) is 0. The van der Waals surface area contributed by atoms with E-state index in [0.29, 0.717) is 26.1 Å². The van der Waals surface area contributed by atoms with E-state index in [1.165, 1.54) is 0 Å². The zero-order chi connectivity index (χ0) is 3.41. The van der Waals surface area contributed by atoms with Crippen LogP contribution in [0.5, 0.6) is 0 Å². The van der Waals surface area contributed by atoms with Gasteiger partial charge in [-0.25, -0.2) is 0 Å². The summed E-state index contributed by atoms with van der Waals surface area (Å²) >= 11 is 0.344. The molecular formula is CHgNO. The molecule has 0 aliphatic heterocycles. The van der Waals surface area contributed by atoms with Crippen LogP contribution >= 0.6 is 0 Å². The first kappa shape index (κ1) is 4.23. The van der Waals surface area contributed by atoms with E-state index in [0.717, 1.165) is 0 Å². The molecule has 0 heterocycles. The maximum absolute atomic E-state index is 8.86. The normalized spacial score (nSPS) is 3.50. The van der Waals surface area contributed by atoms with E-state index in [1.807, 2.05) is 0 Å². The van der Waals surface area contributed by atoms with Crippen LogP contribution in [0.25, 0.3) is 5.01 Å². The zero-order valence-corrected chi connectivity index (χ0v) is 7.56. The Labute approximate surface area is 40.2 Å². The SMILES string of the molecule is [O-][N+]#[C][Hg]. The fourth-order valence-corrected chi connectivity index (χ4v) is 0. The van der Waals surface area contributed by atoms with Crippen LogP contribution in [0.2, 0.25) is 0 Å². The molecule has 3 heteroatoms. The fraction of sp³-hybridized carbons (Fsp3) is 0. The molecule has 0 aliphatic rings. The monoisotopic (exact) mass is 244 g/mol. The van der Waals surface area contributed by atoms with E-state index in [4.69, 9.17) is 5.21 Å². The summed E-state index contributed by atoms with van der Waals surface area (Å²) in [7, 11) is 0. The summed E-state index contributed by atoms with van der Waals surface area (Å²) in [5, 5.41) is 11.2. The van der Waals surface area contributed by atoms with Gasteiger partial charge in [0.1, 0.15) is 0 Å². The molecule has 0 bridgehead atoms. The van der Waals surface area contributed by atoms with Gasteiger partial charge in [-0.05, 0) is 0 Å². The summed E-state index contributed by atoms with van der Waals surface area (Å²) < 4.78 is 2.19. The van der Waals surface area contributed by atoms with Crippen LogP contribution in [-0.4, -0.2) is 0 Å². The molecule has 0 rings (SSSR count). The van der Waals surface area contributed by atoms with Crippen molar-refractivity contribution >= 4 is 0 Å². The molecular weight excluding hydrogens is 243 g/mol. The number of hydrogen-bond acceptors (Lipinski definition) is 1. The predicted molar refractivity (Wildman–Crippen MR) is 10.6 cm³/mol. The van der Waals surface area contributed by atoms with Crippen LogP contribution in [0.15, 0.2) is 0 Å². The molecule has 0 fully saturated rings. The molecule has 0 aromatic heterocycles. The number of nitrogens with zero attached hydrogens (tertiary/aromatic N) is 1. The second kappa shape index (κ2) is 3.23. The van der Waals surface area contributed by atoms with Crippen LogP contribution < -0.4 is 0 Å². The van der Waals surface area contributed by atoms with Gasteiger partial charge in [0.2, 0.25) is 0 Å². The molecule has 0 unspecified atom stereocenters. The average molecular weight is 243 g/mol. The van der Waals surface area contributed by atoms with Crippen LogP contribution in [0.3, 0.4) is 0 Å². The molecule has 0 saturated carbocycles. The minimum absolute atomic E-state index is 0.344. The van der Waals surface area contributed by atoms with Gasteiger partial charge in [-0.3, -0.25) is 0 Å². The van der Waals surface area contributed by atoms with Crippen molar-refractivity contribution in [3.05, 3.63) is 10.2 Å². The van der Waals surface area contributed by atoms with Crippen molar-refractivity contribution in [2.24, 2.45) is 0 Å². The van der Waals surface area contributed by atoms with Crippen molar-refractivity contribution in [2.45, 2.75) is 0 Å². The standard InChI is InChI=1S/CNO.Hg/c1-2-3;. The van der Waals surface area contributed by atoms with E-state index >= 15 is 0 Å². The Kier molecular flexibility index (Phi) is 3.41. The summed E-state index contributed by atoms with van der Waals surface area (Å²) in [6.07, 6.45) is 0. The molecule has 4 heavy (non-hydrogen) atoms. The van der Waals surface area contributed by atoms with Crippen LogP contribution in [0.1, 0.15) is 0 Å². The molecule has 17 valence electrons. The van der Waals surface area contributed by atoms with Crippen LogP contribution in [0, 0.1) is 8.79 Å². The minimum atomic E-state index is 0.344. The summed E-state index contributed by atoms with van der Waals surface area (Å²) in [5.74, 6) is 0. The Morgan fingerprint density at radius 1 is 2.00 bits per heavy atom. The zero-order valence-electron chi connectivity index (χ0n) is 2.06. The Morgan fingerprint density at radius 3 is 2.25 bits per heavy atom. The summed E-state index contributed by atoms with van der Waals surface area (Å²) in [4.78, 5) is 0. The first-order valence-corrected chi connectivity index (χ1v) is 3.51. The molecule has 0 amide bonds.